The fourth-order valence-electron chi connectivity index (χ4n) is 4.22. The maximum absolute atomic E-state index is 12.9. The third-order valence-corrected chi connectivity index (χ3v) is 6.03. The van der Waals surface area contributed by atoms with E-state index in [0.717, 1.165) is 60.4 Å². The molecule has 1 saturated heterocycles. The minimum Gasteiger partial charge on any atom is -0.369 e. The van der Waals surface area contributed by atoms with Gasteiger partial charge >= 0.3 is 0 Å². The predicted octanol–water partition coefficient (Wildman–Crippen LogP) is 3.64. The van der Waals surface area contributed by atoms with E-state index in [0.29, 0.717) is 12.2 Å². The molecule has 1 aliphatic rings. The molecule has 0 aliphatic carbocycles. The van der Waals surface area contributed by atoms with Crippen LogP contribution in [0.15, 0.2) is 36.8 Å². The maximum Gasteiger partial charge on any atom is 0.225 e. The van der Waals surface area contributed by atoms with Crippen LogP contribution in [0.5, 0.6) is 0 Å². The van der Waals surface area contributed by atoms with E-state index in [4.69, 9.17) is 9.97 Å². The van der Waals surface area contributed by atoms with E-state index in [-0.39, 0.29) is 17.9 Å². The average molecular weight is 419 g/mol. The third-order valence-electron chi connectivity index (χ3n) is 6.03. The quantitative estimate of drug-likeness (QED) is 0.658. The number of aromatic nitrogens is 4. The minimum atomic E-state index is -0.0607. The molecule has 0 spiro atoms. The summed E-state index contributed by atoms with van der Waals surface area (Å²) in [5.74, 6) is 0.0405. The fraction of sp³-hybridized carbons (Fsp3) is 0.458. The zero-order valence-corrected chi connectivity index (χ0v) is 18.5. The molecular formula is C24H30N6O. The number of hydrogen-bond acceptors (Lipinski definition) is 6. The van der Waals surface area contributed by atoms with Gasteiger partial charge in [-0.15, -0.1) is 0 Å². The Labute approximate surface area is 183 Å². The second kappa shape index (κ2) is 9.37. The molecule has 1 fully saturated rings. The molecule has 4 heterocycles. The molecule has 0 aromatic carbocycles. The summed E-state index contributed by atoms with van der Waals surface area (Å²) in [6.45, 7) is 7.79. The molecule has 31 heavy (non-hydrogen) atoms. The van der Waals surface area contributed by atoms with Crippen molar-refractivity contribution < 1.29 is 4.79 Å². The van der Waals surface area contributed by atoms with Gasteiger partial charge in [-0.2, -0.15) is 0 Å². The highest BCUT2D eigenvalue weighted by molar-refractivity contribution is 5.80. The Morgan fingerprint density at radius 3 is 2.77 bits per heavy atom. The summed E-state index contributed by atoms with van der Waals surface area (Å²) in [5.41, 5.74) is 5.59. The van der Waals surface area contributed by atoms with Crippen molar-refractivity contribution in [3.63, 3.8) is 0 Å². The largest absolute Gasteiger partial charge is 0.369 e. The van der Waals surface area contributed by atoms with Crippen molar-refractivity contribution in [2.75, 3.05) is 18.0 Å². The third kappa shape index (κ3) is 4.65. The van der Waals surface area contributed by atoms with Crippen LogP contribution in [0.3, 0.4) is 0 Å². The van der Waals surface area contributed by atoms with Gasteiger partial charge in [0.1, 0.15) is 5.52 Å². The van der Waals surface area contributed by atoms with Gasteiger partial charge in [0, 0.05) is 25.5 Å². The molecule has 7 nitrogen and oxygen atoms in total. The summed E-state index contributed by atoms with van der Waals surface area (Å²) < 4.78 is 0. The summed E-state index contributed by atoms with van der Waals surface area (Å²) in [6, 6.07) is 5.88. The molecule has 1 amide bonds. The molecular weight excluding hydrogens is 388 g/mol. The number of nitrogens with zero attached hydrogens (tertiary/aromatic N) is 5. The van der Waals surface area contributed by atoms with Gasteiger partial charge in [-0.05, 0) is 50.3 Å². The second-order valence-corrected chi connectivity index (χ2v) is 8.16. The van der Waals surface area contributed by atoms with Crippen LogP contribution in [0.4, 0.5) is 5.69 Å². The Kier molecular flexibility index (Phi) is 6.39. The summed E-state index contributed by atoms with van der Waals surface area (Å²) >= 11 is 0. The lowest BCUT2D eigenvalue weighted by Crippen LogP contribution is -2.43. The van der Waals surface area contributed by atoms with Gasteiger partial charge in [0.05, 0.1) is 35.2 Å². The van der Waals surface area contributed by atoms with E-state index in [1.807, 2.05) is 25.3 Å². The maximum atomic E-state index is 12.9. The summed E-state index contributed by atoms with van der Waals surface area (Å²) in [7, 11) is 0. The monoisotopic (exact) mass is 418 g/mol. The highest BCUT2D eigenvalue weighted by Gasteiger charge is 2.27. The van der Waals surface area contributed by atoms with Crippen molar-refractivity contribution in [2.24, 2.45) is 5.92 Å². The van der Waals surface area contributed by atoms with Crippen LogP contribution in [0.25, 0.3) is 11.2 Å². The number of amides is 1. The molecule has 0 saturated carbocycles. The van der Waals surface area contributed by atoms with Crippen LogP contribution in [0.2, 0.25) is 0 Å². The molecule has 0 unspecified atom stereocenters. The highest BCUT2D eigenvalue weighted by atomic mass is 16.2. The van der Waals surface area contributed by atoms with Crippen molar-refractivity contribution in [3.8, 4) is 0 Å². The lowest BCUT2D eigenvalue weighted by molar-refractivity contribution is -0.125. The first kappa shape index (κ1) is 21.2. The first-order valence-electron chi connectivity index (χ1n) is 11.2. The van der Waals surface area contributed by atoms with E-state index in [1.54, 1.807) is 12.4 Å². The van der Waals surface area contributed by atoms with Crippen LogP contribution in [-0.2, 0) is 17.6 Å². The van der Waals surface area contributed by atoms with Gasteiger partial charge in [-0.1, -0.05) is 19.9 Å². The number of aryl methyl sites for hydroxylation is 2. The smallest absolute Gasteiger partial charge is 0.225 e. The zero-order valence-electron chi connectivity index (χ0n) is 18.5. The van der Waals surface area contributed by atoms with Crippen molar-refractivity contribution >= 4 is 22.8 Å². The normalized spacial score (nSPS) is 17.5. The van der Waals surface area contributed by atoms with Crippen molar-refractivity contribution in [1.82, 2.24) is 25.3 Å². The Morgan fingerprint density at radius 1 is 1.23 bits per heavy atom. The van der Waals surface area contributed by atoms with E-state index < -0.39 is 0 Å². The molecule has 0 bridgehead atoms. The lowest BCUT2D eigenvalue weighted by atomic mass is 9.96. The van der Waals surface area contributed by atoms with Gasteiger partial charge in [-0.3, -0.25) is 9.78 Å². The number of nitrogens with one attached hydrogen (secondary N) is 1. The van der Waals surface area contributed by atoms with Crippen LogP contribution in [0.1, 0.15) is 56.6 Å². The molecule has 4 rings (SSSR count). The van der Waals surface area contributed by atoms with Crippen molar-refractivity contribution in [1.29, 1.82) is 0 Å². The molecule has 0 radical (unpaired) electrons. The Balaban J connectivity index is 1.48. The first-order chi connectivity index (χ1) is 15.1. The van der Waals surface area contributed by atoms with E-state index in [2.05, 4.69) is 40.1 Å². The van der Waals surface area contributed by atoms with E-state index in [1.165, 1.54) is 0 Å². The average Bonchev–Trinajstić information content (AvgIpc) is 2.83. The van der Waals surface area contributed by atoms with Gasteiger partial charge in [-0.25, -0.2) is 15.0 Å². The molecule has 162 valence electrons. The SMILES string of the molecule is CCc1nc2cc(N3CCC[C@H](C(=O)N[C@@H](C)c4cccnc4)C3)cnc2nc1CC. The number of hydrogen-bond donors (Lipinski definition) is 1. The topological polar surface area (TPSA) is 83.9 Å². The van der Waals surface area contributed by atoms with Crippen molar-refractivity contribution in [2.45, 2.75) is 52.5 Å². The predicted molar refractivity (Wildman–Crippen MR) is 122 cm³/mol. The lowest BCUT2D eigenvalue weighted by Gasteiger charge is -2.34. The highest BCUT2D eigenvalue weighted by Crippen LogP contribution is 2.26. The fourth-order valence-corrected chi connectivity index (χ4v) is 4.22. The Morgan fingerprint density at radius 2 is 2.03 bits per heavy atom. The molecule has 2 atom stereocenters. The van der Waals surface area contributed by atoms with E-state index >= 15 is 0 Å². The van der Waals surface area contributed by atoms with Crippen LogP contribution >= 0.6 is 0 Å². The number of anilines is 1. The Bertz CT molecular complexity index is 1050. The van der Waals surface area contributed by atoms with Gasteiger partial charge in [0.15, 0.2) is 5.65 Å². The first-order valence-corrected chi connectivity index (χ1v) is 11.2. The standard InChI is InChI=1S/C24H30N6O/c1-4-20-21(5-2)29-23-22(28-20)12-19(14-26-23)30-11-7-9-18(15-30)24(31)27-16(3)17-8-6-10-25-13-17/h6,8,10,12-14,16,18H,4-5,7,9,11,15H2,1-3H3,(H,27,31)/t16-,18-/m0/s1. The van der Waals surface area contributed by atoms with Crippen LogP contribution in [0, 0.1) is 5.92 Å². The van der Waals surface area contributed by atoms with Gasteiger partial charge in [0.2, 0.25) is 5.91 Å². The summed E-state index contributed by atoms with van der Waals surface area (Å²) in [5, 5.41) is 3.15. The molecule has 1 N–H and O–H groups in total. The number of carbonyl (C=O) groups excluding carboxylic acids is 1. The number of carbonyl (C=O) groups is 1. The van der Waals surface area contributed by atoms with Gasteiger partial charge < -0.3 is 10.2 Å². The summed E-state index contributed by atoms with van der Waals surface area (Å²) in [6.07, 6.45) is 8.98. The number of pyridine rings is 2. The second-order valence-electron chi connectivity index (χ2n) is 8.16. The van der Waals surface area contributed by atoms with Crippen LogP contribution < -0.4 is 10.2 Å². The number of rotatable bonds is 6. The Hall–Kier alpha value is -3.09. The molecule has 1 aliphatic heterocycles. The number of piperidine rings is 1. The van der Waals surface area contributed by atoms with Gasteiger partial charge in [0.25, 0.3) is 0 Å². The zero-order chi connectivity index (χ0) is 21.8. The number of fused-ring (bicyclic) bond motifs is 1. The van der Waals surface area contributed by atoms with Crippen LogP contribution in [-0.4, -0.2) is 38.9 Å². The minimum absolute atomic E-state index is 0.0525. The summed E-state index contributed by atoms with van der Waals surface area (Å²) in [4.78, 5) is 33.4. The molecule has 3 aromatic heterocycles. The van der Waals surface area contributed by atoms with E-state index in [9.17, 15) is 4.79 Å². The van der Waals surface area contributed by atoms with Crippen molar-refractivity contribution in [3.05, 3.63) is 53.7 Å². The molecule has 7 heteroatoms. The molecule has 3 aromatic rings.